The zero-order valence-corrected chi connectivity index (χ0v) is 21.5. The molecule has 0 saturated carbocycles. The molecule has 0 bridgehead atoms. The third-order valence-electron chi connectivity index (χ3n) is 5.76. The highest BCUT2D eigenvalue weighted by atomic mass is 32.2. The van der Waals surface area contributed by atoms with E-state index in [1.807, 2.05) is 49.4 Å². The highest BCUT2D eigenvalue weighted by Crippen LogP contribution is 2.32. The zero-order valence-electron chi connectivity index (χ0n) is 20.6. The van der Waals surface area contributed by atoms with Gasteiger partial charge in [0.2, 0.25) is 5.89 Å². The van der Waals surface area contributed by atoms with Crippen LogP contribution in [0.15, 0.2) is 94.7 Å². The van der Waals surface area contributed by atoms with Gasteiger partial charge in [0.1, 0.15) is 12.1 Å². The summed E-state index contributed by atoms with van der Waals surface area (Å²) in [4.78, 5) is 16.8. The second kappa shape index (κ2) is 11.2. The largest absolute Gasteiger partial charge is 0.447 e. The number of nitrogens with one attached hydrogen (secondary N) is 1. The number of hydrogen-bond acceptors (Lipinski definition) is 6. The number of carbonyl (C=O) groups is 1. The molecule has 0 aliphatic heterocycles. The zero-order chi connectivity index (χ0) is 27.4. The molecule has 2 aromatic heterocycles. The molecule has 39 heavy (non-hydrogen) atoms. The molecule has 0 saturated heterocycles. The average Bonchev–Trinajstić information content (AvgIpc) is 3.56. The molecule has 5 rings (SSSR count). The Kier molecular flexibility index (Phi) is 7.51. The Balaban J connectivity index is 1.37. The Morgan fingerprint density at radius 2 is 1.77 bits per heavy atom. The van der Waals surface area contributed by atoms with Gasteiger partial charge in [-0.1, -0.05) is 65.9 Å². The molecular formula is C28H22F3N5O2S. The van der Waals surface area contributed by atoms with Crippen LogP contribution >= 0.6 is 11.8 Å². The number of carbonyl (C=O) groups excluding carboxylic acids is 1. The first-order valence-corrected chi connectivity index (χ1v) is 12.9. The summed E-state index contributed by atoms with van der Waals surface area (Å²) in [6, 6.07) is 21.8. The number of rotatable bonds is 8. The van der Waals surface area contributed by atoms with Gasteiger partial charge >= 0.3 is 6.18 Å². The lowest BCUT2D eigenvalue weighted by Gasteiger charge is -2.13. The molecular weight excluding hydrogens is 527 g/mol. The van der Waals surface area contributed by atoms with E-state index in [0.717, 1.165) is 23.3 Å². The number of anilines is 1. The van der Waals surface area contributed by atoms with Crippen molar-refractivity contribution in [2.45, 2.75) is 30.4 Å². The van der Waals surface area contributed by atoms with Crippen molar-refractivity contribution in [3.63, 3.8) is 0 Å². The van der Waals surface area contributed by atoms with Gasteiger partial charge in [-0.3, -0.25) is 9.36 Å². The third-order valence-corrected chi connectivity index (χ3v) is 6.67. The van der Waals surface area contributed by atoms with E-state index in [0.29, 0.717) is 23.1 Å². The van der Waals surface area contributed by atoms with E-state index in [2.05, 4.69) is 20.5 Å². The van der Waals surface area contributed by atoms with Gasteiger partial charge in [0, 0.05) is 12.1 Å². The molecule has 0 fully saturated rings. The number of oxazole rings is 1. The van der Waals surface area contributed by atoms with Gasteiger partial charge < -0.3 is 9.73 Å². The lowest BCUT2D eigenvalue weighted by molar-refractivity contribution is -0.137. The van der Waals surface area contributed by atoms with Gasteiger partial charge in [0.25, 0.3) is 5.91 Å². The van der Waals surface area contributed by atoms with Gasteiger partial charge in [-0.2, -0.15) is 13.2 Å². The Labute approximate surface area is 226 Å². The van der Waals surface area contributed by atoms with E-state index in [1.165, 1.54) is 24.1 Å². The number of halogens is 3. The van der Waals surface area contributed by atoms with E-state index in [4.69, 9.17) is 4.42 Å². The highest BCUT2D eigenvalue weighted by molar-refractivity contribution is 7.98. The predicted octanol–water partition coefficient (Wildman–Crippen LogP) is 6.72. The van der Waals surface area contributed by atoms with Crippen molar-refractivity contribution in [3.8, 4) is 5.69 Å². The standard InChI is InChI=1S/C28H22F3N5O2S/c1-18-10-12-21(13-11-18)32-26(37)23-16-38-25(33-23)17-39-27-35-34-24(14-19-6-3-2-4-7-19)36(27)22-9-5-8-20(15-22)28(29,30)31/h2-13,15-16H,14,17H2,1H3,(H,32,37). The molecule has 0 aliphatic rings. The van der Waals surface area contributed by atoms with Crippen LogP contribution in [-0.2, 0) is 18.3 Å². The topological polar surface area (TPSA) is 85.8 Å². The van der Waals surface area contributed by atoms with E-state index in [9.17, 15) is 18.0 Å². The average molecular weight is 550 g/mol. The molecule has 198 valence electrons. The summed E-state index contributed by atoms with van der Waals surface area (Å²) < 4.78 is 47.4. The van der Waals surface area contributed by atoms with Crippen molar-refractivity contribution in [3.05, 3.63) is 119 Å². The normalized spacial score (nSPS) is 11.5. The minimum atomic E-state index is -4.50. The number of amides is 1. The van der Waals surface area contributed by atoms with Crippen molar-refractivity contribution in [2.75, 3.05) is 5.32 Å². The van der Waals surface area contributed by atoms with Crippen molar-refractivity contribution in [1.29, 1.82) is 0 Å². The maximum atomic E-state index is 13.5. The summed E-state index contributed by atoms with van der Waals surface area (Å²) in [5.41, 5.74) is 2.26. The van der Waals surface area contributed by atoms with Crippen molar-refractivity contribution in [2.24, 2.45) is 0 Å². The Bertz CT molecular complexity index is 1580. The highest BCUT2D eigenvalue weighted by Gasteiger charge is 2.31. The lowest BCUT2D eigenvalue weighted by atomic mass is 10.1. The van der Waals surface area contributed by atoms with Crippen LogP contribution in [0.1, 0.15) is 38.9 Å². The minimum Gasteiger partial charge on any atom is -0.447 e. The SMILES string of the molecule is Cc1ccc(NC(=O)c2coc(CSc3nnc(Cc4ccccc4)n3-c3cccc(C(F)(F)F)c3)n2)cc1. The van der Waals surface area contributed by atoms with Gasteiger partial charge in [-0.05, 0) is 42.8 Å². The quantitative estimate of drug-likeness (QED) is 0.216. The van der Waals surface area contributed by atoms with E-state index < -0.39 is 17.6 Å². The van der Waals surface area contributed by atoms with Crippen LogP contribution in [0.3, 0.4) is 0 Å². The van der Waals surface area contributed by atoms with Gasteiger partial charge in [-0.25, -0.2) is 4.98 Å². The molecule has 1 N–H and O–H groups in total. The summed E-state index contributed by atoms with van der Waals surface area (Å²) >= 11 is 1.19. The Hall–Kier alpha value is -4.38. The monoisotopic (exact) mass is 549 g/mol. The Morgan fingerprint density at radius 1 is 1.00 bits per heavy atom. The van der Waals surface area contributed by atoms with Gasteiger partial charge in [-0.15, -0.1) is 10.2 Å². The van der Waals surface area contributed by atoms with Crippen LogP contribution in [-0.4, -0.2) is 25.7 Å². The second-order valence-electron chi connectivity index (χ2n) is 8.68. The molecule has 5 aromatic rings. The molecule has 3 aromatic carbocycles. The second-order valence-corrected chi connectivity index (χ2v) is 9.62. The van der Waals surface area contributed by atoms with Crippen LogP contribution in [0, 0.1) is 6.92 Å². The van der Waals surface area contributed by atoms with E-state index >= 15 is 0 Å². The fraction of sp³-hybridized carbons (Fsp3) is 0.143. The lowest BCUT2D eigenvalue weighted by Crippen LogP contribution is -2.12. The number of aryl methyl sites for hydroxylation is 1. The number of nitrogens with zero attached hydrogens (tertiary/aromatic N) is 4. The molecule has 7 nitrogen and oxygen atoms in total. The molecule has 0 aliphatic carbocycles. The summed E-state index contributed by atoms with van der Waals surface area (Å²) in [5.74, 6) is 0.502. The number of benzene rings is 3. The number of aromatic nitrogens is 4. The summed E-state index contributed by atoms with van der Waals surface area (Å²) in [5, 5.41) is 11.6. The maximum Gasteiger partial charge on any atom is 0.416 e. The molecule has 0 unspecified atom stereocenters. The van der Waals surface area contributed by atoms with Gasteiger partial charge in [0.15, 0.2) is 10.9 Å². The molecule has 0 atom stereocenters. The molecule has 1 amide bonds. The van der Waals surface area contributed by atoms with Crippen LogP contribution in [0.5, 0.6) is 0 Å². The van der Waals surface area contributed by atoms with E-state index in [-0.39, 0.29) is 23.0 Å². The minimum absolute atomic E-state index is 0.107. The van der Waals surface area contributed by atoms with Crippen LogP contribution in [0.4, 0.5) is 18.9 Å². The van der Waals surface area contributed by atoms with Crippen LogP contribution in [0.25, 0.3) is 5.69 Å². The van der Waals surface area contributed by atoms with Crippen LogP contribution < -0.4 is 5.32 Å². The number of thioether (sulfide) groups is 1. The maximum absolute atomic E-state index is 13.5. The first-order chi connectivity index (χ1) is 18.8. The number of hydrogen-bond donors (Lipinski definition) is 1. The molecule has 0 spiro atoms. The van der Waals surface area contributed by atoms with Crippen LogP contribution in [0.2, 0.25) is 0 Å². The van der Waals surface area contributed by atoms with Crippen molar-refractivity contribution >= 4 is 23.4 Å². The van der Waals surface area contributed by atoms with Crippen molar-refractivity contribution < 1.29 is 22.4 Å². The number of alkyl halides is 3. The first-order valence-electron chi connectivity index (χ1n) is 11.9. The summed E-state index contributed by atoms with van der Waals surface area (Å²) in [6.45, 7) is 1.95. The smallest absolute Gasteiger partial charge is 0.416 e. The van der Waals surface area contributed by atoms with E-state index in [1.54, 1.807) is 22.8 Å². The predicted molar refractivity (Wildman–Crippen MR) is 141 cm³/mol. The fourth-order valence-corrected chi connectivity index (χ4v) is 4.63. The molecule has 2 heterocycles. The summed E-state index contributed by atoms with van der Waals surface area (Å²) in [7, 11) is 0. The summed E-state index contributed by atoms with van der Waals surface area (Å²) in [6.07, 6.45) is -2.87. The Morgan fingerprint density at radius 3 is 2.51 bits per heavy atom. The first kappa shape index (κ1) is 26.2. The third kappa shape index (κ3) is 6.37. The fourth-order valence-electron chi connectivity index (χ4n) is 3.81. The van der Waals surface area contributed by atoms with Gasteiger partial charge in [0.05, 0.1) is 17.0 Å². The molecule has 0 radical (unpaired) electrons. The molecule has 11 heteroatoms. The van der Waals surface area contributed by atoms with Crippen molar-refractivity contribution in [1.82, 2.24) is 19.7 Å².